The molecule has 13 heteroatoms. The summed E-state index contributed by atoms with van der Waals surface area (Å²) in [6, 6.07) is 8.55. The topological polar surface area (TPSA) is 110 Å². The first-order valence-electron chi connectivity index (χ1n) is 16.0. The van der Waals surface area contributed by atoms with Gasteiger partial charge in [-0.15, -0.1) is 0 Å². The highest BCUT2D eigenvalue weighted by atomic mass is 79.9. The largest absolute Gasteiger partial charge is 0.494 e. The molecule has 46 heavy (non-hydrogen) atoms. The zero-order valence-electron chi connectivity index (χ0n) is 26.8. The van der Waals surface area contributed by atoms with Gasteiger partial charge in [-0.05, 0) is 72.8 Å². The molecule has 3 fully saturated rings. The predicted octanol–water partition coefficient (Wildman–Crippen LogP) is 5.61. The second-order valence-corrected chi connectivity index (χ2v) is 17.0. The molecule has 0 unspecified atom stereocenters. The lowest BCUT2D eigenvalue weighted by atomic mass is 10.0. The Morgan fingerprint density at radius 1 is 1.02 bits per heavy atom. The van der Waals surface area contributed by atoms with Gasteiger partial charge in [-0.3, -0.25) is 4.90 Å². The number of nitrogens with zero attached hydrogens (tertiary/aromatic N) is 4. The summed E-state index contributed by atoms with van der Waals surface area (Å²) in [5.74, 6) is 4.21. The van der Waals surface area contributed by atoms with Crippen molar-refractivity contribution in [2.75, 3.05) is 88.6 Å². The van der Waals surface area contributed by atoms with Crippen molar-refractivity contribution >= 4 is 57.2 Å². The third-order valence-electron chi connectivity index (χ3n) is 9.57. The van der Waals surface area contributed by atoms with Crippen molar-refractivity contribution in [3.05, 3.63) is 40.5 Å². The molecule has 0 spiro atoms. The highest BCUT2D eigenvalue weighted by Gasteiger charge is 2.40. The summed E-state index contributed by atoms with van der Waals surface area (Å²) < 4.78 is 37.3. The first-order valence-corrected chi connectivity index (χ1v) is 19.4. The van der Waals surface area contributed by atoms with E-state index in [0.717, 1.165) is 55.1 Å². The zero-order chi connectivity index (χ0) is 32.0. The first-order chi connectivity index (χ1) is 22.2. The normalized spacial score (nSPS) is 21.7. The summed E-state index contributed by atoms with van der Waals surface area (Å²) in [6.45, 7) is 12.8. The molecule has 2 atom stereocenters. The predicted molar refractivity (Wildman–Crippen MR) is 185 cm³/mol. The number of anilines is 5. The number of rotatable bonds is 8. The fourth-order valence-corrected chi connectivity index (χ4v) is 8.94. The van der Waals surface area contributed by atoms with Crippen molar-refractivity contribution in [3.8, 4) is 17.2 Å². The number of ether oxygens (including phenoxy) is 4. The summed E-state index contributed by atoms with van der Waals surface area (Å²) in [6.07, 6.45) is 4.02. The fourth-order valence-electron chi connectivity index (χ4n) is 7.28. The van der Waals surface area contributed by atoms with Crippen LogP contribution in [0.4, 0.5) is 28.8 Å². The number of aromatic nitrogens is 2. The molecule has 2 N–H and O–H groups in total. The number of nitrogens with one attached hydrogen (secondary N) is 2. The number of hydrogen-bond donors (Lipinski definition) is 2. The standard InChI is InChI=1S/C33H42BrN6O5P/c1-20-13-26(29(42-2)14-27(20)39-9-7-23(8-10-39)40-16-21-18-43-19-22(21)17-40)37-33-35-15-24(34)32(38-33)36-25-5-6-28-30(45-12-11-44-28)31(25)46(3,4)41/h5-6,13-15,21-23H,7-12,16-19H2,1-4H3,(H2,35,36,37,38)/t21-,22+. The minimum Gasteiger partial charge on any atom is -0.494 e. The van der Waals surface area contributed by atoms with Crippen LogP contribution in [0.1, 0.15) is 18.4 Å². The van der Waals surface area contributed by atoms with Crippen LogP contribution < -0.4 is 35.0 Å². The summed E-state index contributed by atoms with van der Waals surface area (Å²) >= 11 is 3.58. The Bertz CT molecular complexity index is 1650. The van der Waals surface area contributed by atoms with Gasteiger partial charge in [-0.25, -0.2) is 4.98 Å². The second-order valence-electron chi connectivity index (χ2n) is 13.0. The Morgan fingerprint density at radius 2 is 1.76 bits per heavy atom. The van der Waals surface area contributed by atoms with E-state index in [9.17, 15) is 4.57 Å². The summed E-state index contributed by atoms with van der Waals surface area (Å²) in [4.78, 5) is 14.5. The van der Waals surface area contributed by atoms with Gasteiger partial charge in [0.1, 0.15) is 31.9 Å². The van der Waals surface area contributed by atoms with Gasteiger partial charge in [0.2, 0.25) is 5.95 Å². The molecule has 11 nitrogen and oxygen atoms in total. The van der Waals surface area contributed by atoms with Crippen LogP contribution in [0.2, 0.25) is 0 Å². The molecule has 3 aromatic rings. The molecule has 0 radical (unpaired) electrons. The van der Waals surface area contributed by atoms with Crippen molar-refractivity contribution in [3.63, 3.8) is 0 Å². The SMILES string of the molecule is COc1cc(N2CCC(N3C[C@H]4COC[C@H]4C3)CC2)c(C)cc1Nc1ncc(Br)c(Nc2ccc3c(c2P(C)(C)=O)OCCO3)n1. The van der Waals surface area contributed by atoms with Gasteiger partial charge in [-0.1, -0.05) is 0 Å². The molecule has 246 valence electrons. The van der Waals surface area contributed by atoms with E-state index in [2.05, 4.69) is 60.4 Å². The van der Waals surface area contributed by atoms with E-state index >= 15 is 0 Å². The maximum atomic E-state index is 13.4. The van der Waals surface area contributed by atoms with Crippen LogP contribution in [0, 0.1) is 18.8 Å². The Labute approximate surface area is 278 Å². The maximum absolute atomic E-state index is 13.4. The molecule has 0 bridgehead atoms. The lowest BCUT2D eigenvalue weighted by Crippen LogP contribution is -2.44. The van der Waals surface area contributed by atoms with E-state index in [-0.39, 0.29) is 0 Å². The van der Waals surface area contributed by atoms with Crippen molar-refractivity contribution in [2.45, 2.75) is 25.8 Å². The number of aryl methyl sites for hydroxylation is 1. The monoisotopic (exact) mass is 712 g/mol. The maximum Gasteiger partial charge on any atom is 0.229 e. The Morgan fingerprint density at radius 3 is 2.48 bits per heavy atom. The molecule has 4 aliphatic rings. The number of likely N-dealkylation sites (tertiary alicyclic amines) is 1. The molecule has 0 aliphatic carbocycles. The number of methoxy groups -OCH3 is 1. The summed E-state index contributed by atoms with van der Waals surface area (Å²) in [5, 5.41) is 7.32. The van der Waals surface area contributed by atoms with Crippen LogP contribution in [0.3, 0.4) is 0 Å². The third kappa shape index (κ3) is 6.29. The zero-order valence-corrected chi connectivity index (χ0v) is 29.3. The van der Waals surface area contributed by atoms with Crippen molar-refractivity contribution in [2.24, 2.45) is 11.8 Å². The highest BCUT2D eigenvalue weighted by Crippen LogP contribution is 2.47. The van der Waals surface area contributed by atoms with Gasteiger partial charge >= 0.3 is 0 Å². The molecule has 5 heterocycles. The quantitative estimate of drug-likeness (QED) is 0.285. The molecule has 4 aliphatic heterocycles. The minimum absolute atomic E-state index is 0.396. The van der Waals surface area contributed by atoms with E-state index < -0.39 is 7.14 Å². The van der Waals surface area contributed by atoms with Crippen LogP contribution >= 0.6 is 23.1 Å². The Hall–Kier alpha value is -3.05. The molecule has 0 amide bonds. The number of fused-ring (bicyclic) bond motifs is 2. The number of benzene rings is 2. The third-order valence-corrected chi connectivity index (χ3v) is 11.7. The molecule has 7 rings (SSSR count). The molecule has 0 saturated carbocycles. The van der Waals surface area contributed by atoms with E-state index in [4.69, 9.17) is 23.9 Å². The van der Waals surface area contributed by atoms with Gasteiger partial charge < -0.3 is 39.0 Å². The Balaban J connectivity index is 1.07. The van der Waals surface area contributed by atoms with Crippen molar-refractivity contribution in [1.29, 1.82) is 0 Å². The fraction of sp³-hybridized carbons (Fsp3) is 0.515. The molecule has 1 aromatic heterocycles. The number of hydrogen-bond acceptors (Lipinski definition) is 11. The molecule has 3 saturated heterocycles. The van der Waals surface area contributed by atoms with E-state index in [1.165, 1.54) is 31.6 Å². The minimum atomic E-state index is -2.75. The van der Waals surface area contributed by atoms with E-state index in [1.807, 2.05) is 12.1 Å². The van der Waals surface area contributed by atoms with Crippen LogP contribution in [-0.2, 0) is 9.30 Å². The number of halogens is 1. The second kappa shape index (κ2) is 12.9. The van der Waals surface area contributed by atoms with Gasteiger partial charge in [0.15, 0.2) is 11.5 Å². The summed E-state index contributed by atoms with van der Waals surface area (Å²) in [5.41, 5.74) is 3.78. The van der Waals surface area contributed by atoms with Gasteiger partial charge in [0, 0.05) is 62.0 Å². The smallest absolute Gasteiger partial charge is 0.229 e. The Kier molecular flexibility index (Phi) is 8.82. The average molecular weight is 714 g/mol. The van der Waals surface area contributed by atoms with E-state index in [1.54, 1.807) is 26.6 Å². The van der Waals surface area contributed by atoms with Gasteiger partial charge in [0.05, 0.1) is 41.5 Å². The van der Waals surface area contributed by atoms with E-state index in [0.29, 0.717) is 58.0 Å². The highest BCUT2D eigenvalue weighted by molar-refractivity contribution is 9.10. The van der Waals surface area contributed by atoms with Crippen molar-refractivity contribution < 1.29 is 23.5 Å². The molecule has 2 aromatic carbocycles. The van der Waals surface area contributed by atoms with Crippen LogP contribution in [0.25, 0.3) is 0 Å². The van der Waals surface area contributed by atoms with Crippen molar-refractivity contribution in [1.82, 2.24) is 14.9 Å². The van der Waals surface area contributed by atoms with Gasteiger partial charge in [0.25, 0.3) is 0 Å². The lowest BCUT2D eigenvalue weighted by Gasteiger charge is -2.39. The van der Waals surface area contributed by atoms with Crippen LogP contribution in [-0.4, -0.2) is 94.0 Å². The first kappa shape index (κ1) is 31.5. The lowest BCUT2D eigenvalue weighted by molar-refractivity contribution is 0.130. The summed E-state index contributed by atoms with van der Waals surface area (Å²) in [7, 11) is -1.06. The van der Waals surface area contributed by atoms with Crippen LogP contribution in [0.5, 0.6) is 17.2 Å². The average Bonchev–Trinajstić information content (AvgIpc) is 3.65. The number of piperidine rings is 1. The van der Waals surface area contributed by atoms with Crippen LogP contribution in [0.15, 0.2) is 34.9 Å². The van der Waals surface area contributed by atoms with Gasteiger partial charge in [-0.2, -0.15) is 4.98 Å². The molecular formula is C33H42BrN6O5P. The molecular weight excluding hydrogens is 671 g/mol.